The third-order valence-corrected chi connectivity index (χ3v) is 13.8. The van der Waals surface area contributed by atoms with E-state index in [-0.39, 0.29) is 19.1 Å². The van der Waals surface area contributed by atoms with Crippen molar-refractivity contribution < 1.29 is 32.9 Å². The van der Waals surface area contributed by atoms with Crippen molar-refractivity contribution in [2.45, 2.75) is 257 Å². The number of phosphoric acid groups is 1. The number of amides is 1. The van der Waals surface area contributed by atoms with Crippen LogP contribution in [0.1, 0.15) is 245 Å². The zero-order chi connectivity index (χ0) is 52.7. The Balaban J connectivity index is 4.31. The first-order valence-corrected chi connectivity index (χ1v) is 31.1. The molecule has 3 unspecified atom stereocenters. The summed E-state index contributed by atoms with van der Waals surface area (Å²) in [6.07, 6.45) is 76.6. The van der Waals surface area contributed by atoms with Crippen molar-refractivity contribution in [2.75, 3.05) is 40.9 Å². The number of quaternary nitrogens is 1. The van der Waals surface area contributed by atoms with Crippen molar-refractivity contribution >= 4 is 13.7 Å². The lowest BCUT2D eigenvalue weighted by molar-refractivity contribution is -0.870. The fourth-order valence-corrected chi connectivity index (χ4v) is 8.92. The number of aliphatic hydroxyl groups excluding tert-OH is 1. The van der Waals surface area contributed by atoms with Crippen molar-refractivity contribution in [1.29, 1.82) is 0 Å². The number of likely N-dealkylation sites (N-methyl/N-ethyl adjacent to an activating group) is 1. The first-order chi connectivity index (χ1) is 35.0. The van der Waals surface area contributed by atoms with E-state index in [4.69, 9.17) is 9.05 Å². The molecule has 0 aliphatic rings. The standard InChI is InChI=1S/C63H113N2O6P/c1-6-8-10-12-14-16-18-20-22-24-26-28-30-32-34-36-38-40-42-44-46-48-50-52-54-56-62(66)61(60-71-72(68,69)70-59-58-65(3,4)5)64-63(67)57-55-53-51-49-47-45-43-41-39-37-35-33-31-29-27-25-23-21-19-17-15-13-11-9-7-2/h9,11,15,17,21,23,27,29,33,35,39,41,46,48,54,56,61-62,66H,6-8,10,12-14,16,18-20,22,24-26,28,30-32,34,36-38,40,42-45,47,49-53,55,57-60H2,1-5H3,(H-,64,67,68,69)/p+1/b11-9-,17-15-,23-21-,29-27-,35-33-,41-39-,48-46+,56-54+. The highest BCUT2D eigenvalue weighted by atomic mass is 31.2. The second-order valence-corrected chi connectivity index (χ2v) is 22.4. The molecule has 0 aliphatic heterocycles. The van der Waals surface area contributed by atoms with Crippen molar-refractivity contribution in [3.63, 3.8) is 0 Å². The SMILES string of the molecule is CC/C=C\C/C=C\C/C=C\C/C=C\C/C=C\C/C=C\CCCCCCCCC(=O)NC(COP(=O)(O)OCC[N+](C)(C)C)C(O)/C=C/CC/C=C/CCCCCCCCCCCCCCCCCCCCC. The van der Waals surface area contributed by atoms with Gasteiger partial charge in [-0.3, -0.25) is 13.8 Å². The molecule has 8 nitrogen and oxygen atoms in total. The molecule has 0 saturated carbocycles. The maximum atomic E-state index is 13.0. The molecule has 0 spiro atoms. The average Bonchev–Trinajstić information content (AvgIpc) is 3.34. The van der Waals surface area contributed by atoms with E-state index in [0.29, 0.717) is 17.4 Å². The quantitative estimate of drug-likeness (QED) is 0.0243. The molecule has 0 aromatic carbocycles. The normalized spacial score (nSPS) is 14.6. The van der Waals surface area contributed by atoms with Gasteiger partial charge in [0.05, 0.1) is 39.9 Å². The van der Waals surface area contributed by atoms with Crippen LogP contribution in [0.2, 0.25) is 0 Å². The Morgan fingerprint density at radius 3 is 1.28 bits per heavy atom. The molecule has 0 aliphatic carbocycles. The molecule has 0 radical (unpaired) electrons. The Labute approximate surface area is 445 Å². The van der Waals surface area contributed by atoms with Gasteiger partial charge in [0.15, 0.2) is 0 Å². The van der Waals surface area contributed by atoms with Crippen LogP contribution in [0.5, 0.6) is 0 Å². The van der Waals surface area contributed by atoms with Crippen LogP contribution >= 0.6 is 7.82 Å². The summed E-state index contributed by atoms with van der Waals surface area (Å²) in [6.45, 7) is 4.68. The highest BCUT2D eigenvalue weighted by Gasteiger charge is 2.27. The van der Waals surface area contributed by atoms with E-state index in [0.717, 1.165) is 89.9 Å². The number of nitrogens with zero attached hydrogens (tertiary/aromatic N) is 1. The van der Waals surface area contributed by atoms with Crippen LogP contribution in [-0.4, -0.2) is 73.4 Å². The van der Waals surface area contributed by atoms with E-state index < -0.39 is 20.0 Å². The molecular formula is C63H114N2O6P+. The number of carbonyl (C=O) groups excluding carboxylic acids is 1. The summed E-state index contributed by atoms with van der Waals surface area (Å²) in [7, 11) is 1.53. The second-order valence-electron chi connectivity index (χ2n) is 21.0. The average molecular weight is 1030 g/mol. The lowest BCUT2D eigenvalue weighted by Gasteiger charge is -2.25. The van der Waals surface area contributed by atoms with Crippen LogP contribution < -0.4 is 5.32 Å². The smallest absolute Gasteiger partial charge is 0.387 e. The van der Waals surface area contributed by atoms with E-state index >= 15 is 0 Å². The predicted octanol–water partition coefficient (Wildman–Crippen LogP) is 18.2. The van der Waals surface area contributed by atoms with Gasteiger partial charge < -0.3 is 19.8 Å². The Hall–Kier alpha value is -2.58. The van der Waals surface area contributed by atoms with Crippen molar-refractivity contribution in [3.8, 4) is 0 Å². The topological polar surface area (TPSA) is 105 Å². The largest absolute Gasteiger partial charge is 0.472 e. The van der Waals surface area contributed by atoms with Gasteiger partial charge in [-0.05, 0) is 83.5 Å². The van der Waals surface area contributed by atoms with Gasteiger partial charge in [-0.2, -0.15) is 0 Å². The number of hydrogen-bond donors (Lipinski definition) is 3. The number of carbonyl (C=O) groups is 1. The minimum Gasteiger partial charge on any atom is -0.387 e. The summed E-state index contributed by atoms with van der Waals surface area (Å²) < 4.78 is 23.7. The van der Waals surface area contributed by atoms with Crippen molar-refractivity contribution in [1.82, 2.24) is 5.32 Å². The number of rotatable bonds is 53. The van der Waals surface area contributed by atoms with Crippen molar-refractivity contribution in [3.05, 3.63) is 97.2 Å². The molecule has 3 atom stereocenters. The summed E-state index contributed by atoms with van der Waals surface area (Å²) in [6, 6.07) is -0.879. The summed E-state index contributed by atoms with van der Waals surface area (Å²) >= 11 is 0. The van der Waals surface area contributed by atoms with Gasteiger partial charge in [0.1, 0.15) is 13.2 Å². The van der Waals surface area contributed by atoms with Crippen LogP contribution in [0.25, 0.3) is 0 Å². The lowest BCUT2D eigenvalue weighted by atomic mass is 10.0. The fraction of sp³-hybridized carbons (Fsp3) is 0.730. The Morgan fingerprint density at radius 2 is 0.847 bits per heavy atom. The highest BCUT2D eigenvalue weighted by molar-refractivity contribution is 7.47. The summed E-state index contributed by atoms with van der Waals surface area (Å²) in [4.78, 5) is 23.3. The van der Waals surface area contributed by atoms with Crippen molar-refractivity contribution in [2.24, 2.45) is 0 Å². The summed E-state index contributed by atoms with van der Waals surface area (Å²) in [5.74, 6) is -0.204. The second kappa shape index (κ2) is 53.3. The Kier molecular flexibility index (Phi) is 51.3. The zero-order valence-corrected chi connectivity index (χ0v) is 48.3. The van der Waals surface area contributed by atoms with Crippen LogP contribution in [0.4, 0.5) is 0 Å². The van der Waals surface area contributed by atoms with Gasteiger partial charge in [-0.15, -0.1) is 0 Å². The van der Waals surface area contributed by atoms with Gasteiger partial charge in [-0.25, -0.2) is 4.57 Å². The molecule has 0 bridgehead atoms. The van der Waals surface area contributed by atoms with Crippen LogP contribution in [0.3, 0.4) is 0 Å². The van der Waals surface area contributed by atoms with E-state index in [1.165, 1.54) is 135 Å². The fourth-order valence-electron chi connectivity index (χ4n) is 8.18. The van der Waals surface area contributed by atoms with Gasteiger partial charge in [-0.1, -0.05) is 252 Å². The molecule has 0 fully saturated rings. The predicted molar refractivity (Wildman–Crippen MR) is 313 cm³/mol. The molecule has 72 heavy (non-hydrogen) atoms. The Bertz CT molecular complexity index is 1490. The van der Waals surface area contributed by atoms with Gasteiger partial charge in [0.2, 0.25) is 5.91 Å². The number of hydrogen-bond acceptors (Lipinski definition) is 5. The monoisotopic (exact) mass is 1030 g/mol. The number of unbranched alkanes of at least 4 members (excludes halogenated alkanes) is 26. The number of phosphoric ester groups is 1. The molecule has 1 amide bonds. The molecule has 0 rings (SSSR count). The maximum Gasteiger partial charge on any atom is 0.472 e. The lowest BCUT2D eigenvalue weighted by Crippen LogP contribution is -2.45. The first kappa shape index (κ1) is 69.4. The maximum absolute atomic E-state index is 13.0. The molecule has 0 saturated heterocycles. The third kappa shape index (κ3) is 55.2. The first-order valence-electron chi connectivity index (χ1n) is 29.6. The van der Waals surface area contributed by atoms with E-state index in [1.807, 2.05) is 27.2 Å². The number of nitrogens with one attached hydrogen (secondary N) is 1. The Morgan fingerprint density at radius 1 is 0.486 bits per heavy atom. The molecule has 416 valence electrons. The van der Waals surface area contributed by atoms with E-state index in [9.17, 15) is 19.4 Å². The third-order valence-electron chi connectivity index (χ3n) is 12.8. The number of aliphatic hydroxyl groups is 1. The molecule has 0 heterocycles. The minimum atomic E-state index is -4.37. The molecule has 3 N–H and O–H groups in total. The minimum absolute atomic E-state index is 0.0480. The summed E-state index contributed by atoms with van der Waals surface area (Å²) in [5, 5.41) is 13.9. The van der Waals surface area contributed by atoms with Gasteiger partial charge in [0.25, 0.3) is 0 Å². The van der Waals surface area contributed by atoms with Gasteiger partial charge in [0, 0.05) is 6.42 Å². The molecule has 9 heteroatoms. The molecular weight excluding hydrogens is 912 g/mol. The van der Waals surface area contributed by atoms with E-state index in [2.05, 4.69) is 104 Å². The number of allylic oxidation sites excluding steroid dienone is 15. The van der Waals surface area contributed by atoms with Crippen LogP contribution in [0.15, 0.2) is 97.2 Å². The van der Waals surface area contributed by atoms with Crippen LogP contribution in [0, 0.1) is 0 Å². The summed E-state index contributed by atoms with van der Waals surface area (Å²) in [5.41, 5.74) is 0. The van der Waals surface area contributed by atoms with Gasteiger partial charge >= 0.3 is 7.82 Å². The molecule has 0 aromatic heterocycles. The zero-order valence-electron chi connectivity index (χ0n) is 47.4. The highest BCUT2D eigenvalue weighted by Crippen LogP contribution is 2.43. The van der Waals surface area contributed by atoms with Crippen LogP contribution in [-0.2, 0) is 18.4 Å². The van der Waals surface area contributed by atoms with E-state index in [1.54, 1.807) is 6.08 Å². The molecule has 0 aromatic rings.